The van der Waals surface area contributed by atoms with E-state index in [4.69, 9.17) is 9.72 Å². The Hall–Kier alpha value is -2.15. The van der Waals surface area contributed by atoms with Crippen molar-refractivity contribution in [1.29, 1.82) is 0 Å². The van der Waals surface area contributed by atoms with Crippen LogP contribution in [0.1, 0.15) is 16.7 Å². The number of aromatic nitrogens is 1. The quantitative estimate of drug-likeness (QED) is 0.551. The van der Waals surface area contributed by atoms with E-state index in [0.29, 0.717) is 13.0 Å². The molecule has 156 valence electrons. The lowest BCUT2D eigenvalue weighted by atomic mass is 10.0. The number of rotatable bonds is 7. The molecule has 3 rings (SSSR count). The molecule has 1 amide bonds. The minimum absolute atomic E-state index is 0. The molecule has 0 atom stereocenters. The van der Waals surface area contributed by atoms with E-state index < -0.39 is 0 Å². The van der Waals surface area contributed by atoms with Gasteiger partial charge in [-0.25, -0.2) is 4.98 Å². The summed E-state index contributed by atoms with van der Waals surface area (Å²) in [5, 5.41) is 0.736. The molecule has 0 unspecified atom stereocenters. The first kappa shape index (κ1) is 23.1. The highest BCUT2D eigenvalue weighted by Crippen LogP contribution is 2.32. The Morgan fingerprint density at radius 2 is 1.86 bits per heavy atom. The maximum absolute atomic E-state index is 13.2. The number of thiazole rings is 1. The molecule has 0 aliphatic carbocycles. The van der Waals surface area contributed by atoms with Gasteiger partial charge in [-0.05, 0) is 57.3 Å². The fourth-order valence-corrected chi connectivity index (χ4v) is 4.05. The van der Waals surface area contributed by atoms with Gasteiger partial charge in [0, 0.05) is 13.1 Å². The van der Waals surface area contributed by atoms with Gasteiger partial charge in [0.1, 0.15) is 5.75 Å². The lowest BCUT2D eigenvalue weighted by molar-refractivity contribution is -0.118. The smallest absolute Gasteiger partial charge is 0.233 e. The van der Waals surface area contributed by atoms with Crippen molar-refractivity contribution in [2.45, 2.75) is 20.3 Å². The zero-order valence-corrected chi connectivity index (χ0v) is 19.2. The lowest BCUT2D eigenvalue weighted by Gasteiger charge is -2.22. The van der Waals surface area contributed by atoms with Gasteiger partial charge in [-0.2, -0.15) is 0 Å². The van der Waals surface area contributed by atoms with Crippen LogP contribution < -0.4 is 9.64 Å². The highest BCUT2D eigenvalue weighted by Gasteiger charge is 2.21. The lowest BCUT2D eigenvalue weighted by Crippen LogP contribution is -2.37. The molecule has 2 aromatic carbocycles. The molecule has 0 radical (unpaired) electrons. The summed E-state index contributed by atoms with van der Waals surface area (Å²) in [5.41, 5.74) is 4.26. The van der Waals surface area contributed by atoms with Gasteiger partial charge in [0.05, 0.1) is 23.7 Å². The number of hydrogen-bond donors (Lipinski definition) is 0. The third-order valence-corrected chi connectivity index (χ3v) is 5.77. The summed E-state index contributed by atoms with van der Waals surface area (Å²) in [6.07, 6.45) is 0.375. The fourth-order valence-electron chi connectivity index (χ4n) is 3.01. The van der Waals surface area contributed by atoms with Crippen LogP contribution in [0.2, 0.25) is 0 Å². The number of amides is 1. The molecule has 0 aliphatic rings. The number of ether oxygens (including phenoxy) is 1. The van der Waals surface area contributed by atoms with E-state index >= 15 is 0 Å². The highest BCUT2D eigenvalue weighted by atomic mass is 35.5. The molecule has 29 heavy (non-hydrogen) atoms. The molecule has 0 saturated heterocycles. The van der Waals surface area contributed by atoms with Crippen molar-refractivity contribution < 1.29 is 9.53 Å². The van der Waals surface area contributed by atoms with E-state index in [0.717, 1.165) is 38.8 Å². The molecule has 0 spiro atoms. The van der Waals surface area contributed by atoms with Crippen molar-refractivity contribution in [3.8, 4) is 5.75 Å². The van der Waals surface area contributed by atoms with Gasteiger partial charge < -0.3 is 9.64 Å². The van der Waals surface area contributed by atoms with Crippen LogP contribution in [-0.4, -0.2) is 50.1 Å². The maximum Gasteiger partial charge on any atom is 0.233 e. The van der Waals surface area contributed by atoms with Crippen LogP contribution in [0.4, 0.5) is 5.13 Å². The van der Waals surface area contributed by atoms with Crippen molar-refractivity contribution >= 4 is 45.0 Å². The summed E-state index contributed by atoms with van der Waals surface area (Å²) in [6.45, 7) is 5.49. The number of fused-ring (bicyclic) bond motifs is 1. The molecular weight excluding hydrogens is 406 g/mol. The van der Waals surface area contributed by atoms with E-state index in [1.807, 2.05) is 37.2 Å². The van der Waals surface area contributed by atoms with Crippen molar-refractivity contribution in [2.75, 3.05) is 39.2 Å². The Morgan fingerprint density at radius 3 is 2.55 bits per heavy atom. The zero-order valence-electron chi connectivity index (χ0n) is 17.6. The van der Waals surface area contributed by atoms with Gasteiger partial charge in [-0.15, -0.1) is 12.4 Å². The first-order valence-corrected chi connectivity index (χ1v) is 10.1. The number of carbonyl (C=O) groups excluding carboxylic acids is 1. The van der Waals surface area contributed by atoms with E-state index in [9.17, 15) is 4.79 Å². The van der Waals surface area contributed by atoms with Crippen LogP contribution in [0.5, 0.6) is 5.75 Å². The Bertz CT molecular complexity index is 987. The van der Waals surface area contributed by atoms with Crippen LogP contribution in [-0.2, 0) is 11.2 Å². The van der Waals surface area contributed by atoms with E-state index in [1.54, 1.807) is 7.11 Å². The monoisotopic (exact) mass is 433 g/mol. The molecular formula is C22H28ClN3O2S. The number of methoxy groups -OCH3 is 1. The maximum atomic E-state index is 13.2. The molecule has 0 aliphatic heterocycles. The van der Waals surface area contributed by atoms with Crippen molar-refractivity contribution in [3.05, 3.63) is 53.1 Å². The Morgan fingerprint density at radius 1 is 1.10 bits per heavy atom. The second-order valence-electron chi connectivity index (χ2n) is 7.29. The van der Waals surface area contributed by atoms with Crippen molar-refractivity contribution in [2.24, 2.45) is 0 Å². The molecule has 5 nitrogen and oxygen atoms in total. The fraction of sp³-hybridized carbons (Fsp3) is 0.364. The average molecular weight is 434 g/mol. The van der Waals surface area contributed by atoms with E-state index in [-0.39, 0.29) is 18.3 Å². The first-order chi connectivity index (χ1) is 13.4. The standard InChI is InChI=1S/C22H27N3O2S.ClH/c1-15-6-7-16(2)17(12-15)13-21(26)25(11-10-24(3)4)22-23-19-9-8-18(27-5)14-20(19)28-22;/h6-9,12,14H,10-11,13H2,1-5H3;1H. The van der Waals surface area contributed by atoms with Gasteiger partial charge >= 0.3 is 0 Å². The number of carbonyl (C=O) groups is 1. The van der Waals surface area contributed by atoms with Gasteiger partial charge in [-0.3, -0.25) is 9.69 Å². The molecule has 0 bridgehead atoms. The van der Waals surface area contributed by atoms with Crippen LogP contribution >= 0.6 is 23.7 Å². The molecule has 0 N–H and O–H groups in total. The number of aryl methyl sites for hydroxylation is 2. The van der Waals surface area contributed by atoms with Crippen molar-refractivity contribution in [3.63, 3.8) is 0 Å². The van der Waals surface area contributed by atoms with Gasteiger partial charge in [0.25, 0.3) is 0 Å². The topological polar surface area (TPSA) is 45.7 Å². The molecule has 0 saturated carbocycles. The SMILES string of the molecule is COc1ccc2nc(N(CCN(C)C)C(=O)Cc3cc(C)ccc3C)sc2c1.Cl. The van der Waals surface area contributed by atoms with Crippen LogP contribution in [0.15, 0.2) is 36.4 Å². The summed E-state index contributed by atoms with van der Waals surface area (Å²) >= 11 is 1.53. The van der Waals surface area contributed by atoms with E-state index in [2.05, 4.69) is 36.9 Å². The Balaban J connectivity index is 0.00000300. The number of anilines is 1. The minimum Gasteiger partial charge on any atom is -0.497 e. The summed E-state index contributed by atoms with van der Waals surface area (Å²) in [4.78, 5) is 21.9. The van der Waals surface area contributed by atoms with Crippen LogP contribution in [0, 0.1) is 13.8 Å². The first-order valence-electron chi connectivity index (χ1n) is 9.33. The second-order valence-corrected chi connectivity index (χ2v) is 8.29. The highest BCUT2D eigenvalue weighted by molar-refractivity contribution is 7.22. The second kappa shape index (κ2) is 10.1. The Labute approximate surface area is 182 Å². The van der Waals surface area contributed by atoms with E-state index in [1.165, 1.54) is 16.9 Å². The predicted octanol–water partition coefficient (Wildman–Crippen LogP) is 4.48. The van der Waals surface area contributed by atoms with Crippen LogP contribution in [0.3, 0.4) is 0 Å². The summed E-state index contributed by atoms with van der Waals surface area (Å²) in [5.74, 6) is 0.867. The molecule has 7 heteroatoms. The number of hydrogen-bond acceptors (Lipinski definition) is 5. The minimum atomic E-state index is 0. The summed E-state index contributed by atoms with van der Waals surface area (Å²) < 4.78 is 6.33. The molecule has 3 aromatic rings. The van der Waals surface area contributed by atoms with Gasteiger partial charge in [0.15, 0.2) is 5.13 Å². The zero-order chi connectivity index (χ0) is 20.3. The van der Waals surface area contributed by atoms with Gasteiger partial charge in [-0.1, -0.05) is 35.1 Å². The molecule has 0 fully saturated rings. The molecule has 1 heterocycles. The third-order valence-electron chi connectivity index (χ3n) is 4.73. The summed E-state index contributed by atoms with van der Waals surface area (Å²) in [7, 11) is 5.67. The van der Waals surface area contributed by atoms with Crippen LogP contribution in [0.25, 0.3) is 10.2 Å². The number of benzene rings is 2. The third kappa shape index (κ3) is 5.69. The summed E-state index contributed by atoms with van der Waals surface area (Å²) in [6, 6.07) is 12.1. The average Bonchev–Trinajstić information content (AvgIpc) is 3.07. The number of halogens is 1. The number of likely N-dealkylation sites (N-methyl/N-ethyl adjacent to an activating group) is 1. The van der Waals surface area contributed by atoms with Gasteiger partial charge in [0.2, 0.25) is 5.91 Å². The largest absolute Gasteiger partial charge is 0.497 e. The predicted molar refractivity (Wildman–Crippen MR) is 124 cm³/mol. The number of nitrogens with zero attached hydrogens (tertiary/aromatic N) is 3. The Kier molecular flexibility index (Phi) is 8.02. The normalized spacial score (nSPS) is 10.8. The molecule has 1 aromatic heterocycles. The van der Waals surface area contributed by atoms with Crippen molar-refractivity contribution in [1.82, 2.24) is 9.88 Å².